The number of rotatable bonds is 2. The second-order valence-corrected chi connectivity index (χ2v) is 6.24. The number of aromatic nitrogens is 1. The zero-order valence-electron chi connectivity index (χ0n) is 11.3. The van der Waals surface area contributed by atoms with Gasteiger partial charge in [0.15, 0.2) is 5.69 Å². The molecule has 1 aliphatic carbocycles. The molecule has 1 aromatic rings. The van der Waals surface area contributed by atoms with Crippen LogP contribution in [0.1, 0.15) is 29.8 Å². The van der Waals surface area contributed by atoms with E-state index in [0.29, 0.717) is 17.4 Å². The molecule has 0 amide bonds. The van der Waals surface area contributed by atoms with Gasteiger partial charge in [-0.1, -0.05) is 12.5 Å². The lowest BCUT2D eigenvalue weighted by Gasteiger charge is -2.42. The average molecular weight is 274 g/mol. The van der Waals surface area contributed by atoms with Gasteiger partial charge in [0.05, 0.1) is 19.3 Å². The Kier molecular flexibility index (Phi) is 2.54. The van der Waals surface area contributed by atoms with Crippen LogP contribution in [0, 0.1) is 11.3 Å². The number of hydrogen-bond donors (Lipinski definition) is 1. The summed E-state index contributed by atoms with van der Waals surface area (Å²) in [5, 5.41) is 9.09. The smallest absolute Gasteiger partial charge is 0.354 e. The van der Waals surface area contributed by atoms with Crippen molar-refractivity contribution in [2.75, 3.05) is 24.7 Å². The number of ether oxygens (including phenoxy) is 1. The minimum Gasteiger partial charge on any atom is -0.477 e. The predicted molar refractivity (Wildman–Crippen MR) is 72.9 cm³/mol. The molecule has 4 rings (SSSR count). The van der Waals surface area contributed by atoms with Crippen LogP contribution in [0.25, 0.3) is 0 Å². The Morgan fingerprint density at radius 2 is 2.25 bits per heavy atom. The van der Waals surface area contributed by atoms with Crippen LogP contribution in [-0.4, -0.2) is 41.9 Å². The van der Waals surface area contributed by atoms with Gasteiger partial charge in [0.2, 0.25) is 0 Å². The van der Waals surface area contributed by atoms with E-state index in [0.717, 1.165) is 25.6 Å². The van der Waals surface area contributed by atoms with Crippen molar-refractivity contribution in [2.24, 2.45) is 11.3 Å². The molecule has 0 aromatic carbocycles. The molecule has 1 saturated carbocycles. The number of fused-ring (bicyclic) bond motifs is 2. The van der Waals surface area contributed by atoms with Crippen molar-refractivity contribution < 1.29 is 14.6 Å². The summed E-state index contributed by atoms with van der Waals surface area (Å²) in [6.07, 6.45) is 3.85. The van der Waals surface area contributed by atoms with E-state index >= 15 is 0 Å². The molecule has 2 atom stereocenters. The van der Waals surface area contributed by atoms with Gasteiger partial charge in [-0.25, -0.2) is 9.78 Å². The minimum absolute atomic E-state index is 0.118. The third kappa shape index (κ3) is 1.59. The highest BCUT2D eigenvalue weighted by Crippen LogP contribution is 2.56. The van der Waals surface area contributed by atoms with Gasteiger partial charge < -0.3 is 14.7 Å². The van der Waals surface area contributed by atoms with Gasteiger partial charge in [-0.2, -0.15) is 0 Å². The van der Waals surface area contributed by atoms with Crippen molar-refractivity contribution >= 4 is 11.8 Å². The summed E-state index contributed by atoms with van der Waals surface area (Å²) in [7, 11) is 0. The SMILES string of the molecule is O=C(O)c1cccc(N2CC3(CCC3)[C@H]3COC[C@@H]32)n1. The van der Waals surface area contributed by atoms with Crippen LogP contribution in [0.15, 0.2) is 18.2 Å². The van der Waals surface area contributed by atoms with E-state index in [4.69, 9.17) is 9.84 Å². The fourth-order valence-corrected chi connectivity index (χ4v) is 4.12. The Labute approximate surface area is 117 Å². The molecule has 5 nitrogen and oxygen atoms in total. The van der Waals surface area contributed by atoms with Crippen LogP contribution in [0.2, 0.25) is 0 Å². The zero-order chi connectivity index (χ0) is 13.7. The number of aromatic carboxylic acids is 1. The Morgan fingerprint density at radius 3 is 2.95 bits per heavy atom. The Morgan fingerprint density at radius 1 is 1.40 bits per heavy atom. The minimum atomic E-state index is -0.969. The molecular weight excluding hydrogens is 256 g/mol. The fraction of sp³-hybridized carbons (Fsp3) is 0.600. The second kappa shape index (κ2) is 4.19. The van der Waals surface area contributed by atoms with Crippen molar-refractivity contribution in [3.63, 3.8) is 0 Å². The van der Waals surface area contributed by atoms with Crippen LogP contribution in [0.3, 0.4) is 0 Å². The summed E-state index contributed by atoms with van der Waals surface area (Å²) >= 11 is 0. The number of pyridine rings is 1. The highest BCUT2D eigenvalue weighted by molar-refractivity contribution is 5.85. The van der Waals surface area contributed by atoms with Gasteiger partial charge in [-0.05, 0) is 30.4 Å². The molecule has 2 saturated heterocycles. The third-order valence-electron chi connectivity index (χ3n) is 5.32. The van der Waals surface area contributed by atoms with Crippen LogP contribution in [-0.2, 0) is 4.74 Å². The number of anilines is 1. The number of carbonyl (C=O) groups is 1. The highest BCUT2D eigenvalue weighted by atomic mass is 16.5. The molecule has 106 valence electrons. The molecule has 3 aliphatic rings. The van der Waals surface area contributed by atoms with Gasteiger partial charge in [0, 0.05) is 12.5 Å². The summed E-state index contributed by atoms with van der Waals surface area (Å²) in [4.78, 5) is 17.7. The largest absolute Gasteiger partial charge is 0.477 e. The highest BCUT2D eigenvalue weighted by Gasteiger charge is 2.57. The Hall–Kier alpha value is -1.62. The fourth-order valence-electron chi connectivity index (χ4n) is 4.12. The Bertz CT molecular complexity index is 556. The van der Waals surface area contributed by atoms with Crippen molar-refractivity contribution in [3.8, 4) is 0 Å². The number of carboxylic acids is 1. The predicted octanol–water partition coefficient (Wildman–Crippen LogP) is 1.79. The van der Waals surface area contributed by atoms with Crippen LogP contribution in [0.4, 0.5) is 5.82 Å². The first-order valence-electron chi connectivity index (χ1n) is 7.24. The lowest BCUT2D eigenvalue weighted by Crippen LogP contribution is -2.38. The van der Waals surface area contributed by atoms with Crippen LogP contribution < -0.4 is 4.90 Å². The monoisotopic (exact) mass is 274 g/mol. The lowest BCUT2D eigenvalue weighted by molar-refractivity contribution is 0.0672. The molecule has 0 radical (unpaired) electrons. The average Bonchev–Trinajstić information content (AvgIpc) is 2.97. The molecule has 1 spiro atoms. The number of carboxylic acid groups (broad SMARTS) is 1. The van der Waals surface area contributed by atoms with E-state index < -0.39 is 5.97 Å². The molecule has 0 unspecified atom stereocenters. The summed E-state index contributed by atoms with van der Waals surface area (Å²) in [5.41, 5.74) is 0.509. The van der Waals surface area contributed by atoms with E-state index in [1.54, 1.807) is 12.1 Å². The van der Waals surface area contributed by atoms with Gasteiger partial charge >= 0.3 is 5.97 Å². The van der Waals surface area contributed by atoms with E-state index in [2.05, 4.69) is 9.88 Å². The van der Waals surface area contributed by atoms with Gasteiger partial charge in [0.25, 0.3) is 0 Å². The molecule has 1 aromatic heterocycles. The van der Waals surface area contributed by atoms with Gasteiger partial charge in [-0.3, -0.25) is 0 Å². The maximum Gasteiger partial charge on any atom is 0.354 e. The maximum absolute atomic E-state index is 11.1. The first kappa shape index (κ1) is 12.1. The molecule has 0 bridgehead atoms. The van der Waals surface area contributed by atoms with Crippen molar-refractivity contribution in [2.45, 2.75) is 25.3 Å². The summed E-state index contributed by atoms with van der Waals surface area (Å²) in [6, 6.07) is 5.61. The molecular formula is C15H18N2O3. The summed E-state index contributed by atoms with van der Waals surface area (Å²) in [6.45, 7) is 2.59. The second-order valence-electron chi connectivity index (χ2n) is 6.24. The van der Waals surface area contributed by atoms with E-state index in [1.165, 1.54) is 19.3 Å². The summed E-state index contributed by atoms with van der Waals surface area (Å²) < 4.78 is 5.69. The van der Waals surface area contributed by atoms with E-state index in [1.807, 2.05) is 6.07 Å². The van der Waals surface area contributed by atoms with Crippen LogP contribution >= 0.6 is 0 Å². The zero-order valence-corrected chi connectivity index (χ0v) is 11.3. The topological polar surface area (TPSA) is 62.7 Å². The molecule has 2 aliphatic heterocycles. The van der Waals surface area contributed by atoms with Gasteiger partial charge in [-0.15, -0.1) is 0 Å². The van der Waals surface area contributed by atoms with Crippen molar-refractivity contribution in [3.05, 3.63) is 23.9 Å². The maximum atomic E-state index is 11.1. The van der Waals surface area contributed by atoms with Gasteiger partial charge in [0.1, 0.15) is 5.82 Å². The first-order valence-corrected chi connectivity index (χ1v) is 7.24. The van der Waals surface area contributed by atoms with E-state index in [9.17, 15) is 4.79 Å². The number of nitrogens with zero attached hydrogens (tertiary/aromatic N) is 2. The Balaban J connectivity index is 1.68. The normalized spacial score (nSPS) is 30.3. The molecule has 3 heterocycles. The van der Waals surface area contributed by atoms with E-state index in [-0.39, 0.29) is 5.69 Å². The lowest BCUT2D eigenvalue weighted by atomic mass is 9.62. The first-order chi connectivity index (χ1) is 9.70. The third-order valence-corrected chi connectivity index (χ3v) is 5.32. The quantitative estimate of drug-likeness (QED) is 0.890. The van der Waals surface area contributed by atoms with Crippen molar-refractivity contribution in [1.29, 1.82) is 0 Å². The van der Waals surface area contributed by atoms with Crippen LogP contribution in [0.5, 0.6) is 0 Å². The standard InChI is InChI=1S/C15H18N2O3/c18-14(19)11-3-1-4-13(16-11)17-9-15(5-2-6-15)10-7-20-8-12(10)17/h1,3-4,10,12H,2,5-9H2,(H,18,19)/t10-,12-/m0/s1. The molecule has 20 heavy (non-hydrogen) atoms. The molecule has 3 fully saturated rings. The molecule has 5 heteroatoms. The van der Waals surface area contributed by atoms with Crippen molar-refractivity contribution in [1.82, 2.24) is 4.98 Å². The molecule has 1 N–H and O–H groups in total. The summed E-state index contributed by atoms with van der Waals surface area (Å²) in [5.74, 6) is 0.407. The number of hydrogen-bond acceptors (Lipinski definition) is 4.